The Balaban J connectivity index is 2.15. The minimum absolute atomic E-state index is 0.153. The van der Waals surface area contributed by atoms with E-state index in [9.17, 15) is 9.50 Å². The zero-order valence-corrected chi connectivity index (χ0v) is 9.94. The van der Waals surface area contributed by atoms with E-state index in [-0.39, 0.29) is 5.92 Å². The predicted molar refractivity (Wildman–Crippen MR) is 63.1 cm³/mol. The first-order valence-electron chi connectivity index (χ1n) is 5.63. The molecule has 3 nitrogen and oxygen atoms in total. The van der Waals surface area contributed by atoms with Crippen molar-refractivity contribution in [1.82, 2.24) is 0 Å². The smallest absolute Gasteiger partial charge is 0.147 e. The first kappa shape index (κ1) is 11.9. The standard InChI is InChI=1S/C13H15FN2O/c1-9(2)13(17)7-16(8-13)12-4-3-10(6-15)5-11(12)14/h3-5,9,17H,7-8H2,1-2H3. The molecule has 4 heteroatoms. The van der Waals surface area contributed by atoms with E-state index in [1.807, 2.05) is 19.9 Å². The second kappa shape index (κ2) is 4.01. The van der Waals surface area contributed by atoms with Crippen LogP contribution in [-0.2, 0) is 0 Å². The van der Waals surface area contributed by atoms with E-state index in [0.717, 1.165) is 0 Å². The first-order chi connectivity index (χ1) is 7.96. The minimum Gasteiger partial charge on any atom is -0.386 e. The van der Waals surface area contributed by atoms with E-state index in [0.29, 0.717) is 24.3 Å². The van der Waals surface area contributed by atoms with Gasteiger partial charge in [-0.05, 0) is 24.1 Å². The summed E-state index contributed by atoms with van der Waals surface area (Å²) in [6, 6.07) is 6.30. The number of benzene rings is 1. The number of β-amino-alcohol motifs (C(OH)–C–C–N with tert-alkyl or cyclic N) is 1. The van der Waals surface area contributed by atoms with E-state index in [2.05, 4.69) is 0 Å². The van der Waals surface area contributed by atoms with E-state index in [1.54, 1.807) is 17.0 Å². The normalized spacial score (nSPS) is 17.8. The third-order valence-corrected chi connectivity index (χ3v) is 3.42. The highest BCUT2D eigenvalue weighted by Gasteiger charge is 2.44. The van der Waals surface area contributed by atoms with Gasteiger partial charge in [0.25, 0.3) is 0 Å². The Bertz CT molecular complexity index is 473. The monoisotopic (exact) mass is 234 g/mol. The molecule has 1 fully saturated rings. The lowest BCUT2D eigenvalue weighted by atomic mass is 9.82. The number of halogens is 1. The summed E-state index contributed by atoms with van der Waals surface area (Å²) in [5.74, 6) is -0.255. The number of aliphatic hydroxyl groups is 1. The third kappa shape index (κ3) is 1.98. The molecule has 1 aliphatic rings. The summed E-state index contributed by atoms with van der Waals surface area (Å²) in [5.41, 5.74) is 0.0422. The average Bonchev–Trinajstić information content (AvgIpc) is 2.24. The van der Waals surface area contributed by atoms with Crippen molar-refractivity contribution in [1.29, 1.82) is 5.26 Å². The Morgan fingerprint density at radius 1 is 1.47 bits per heavy atom. The fourth-order valence-electron chi connectivity index (χ4n) is 1.98. The second-order valence-electron chi connectivity index (χ2n) is 4.89. The lowest BCUT2D eigenvalue weighted by molar-refractivity contribution is -0.0303. The fraction of sp³-hybridized carbons (Fsp3) is 0.462. The van der Waals surface area contributed by atoms with Crippen molar-refractivity contribution in [2.45, 2.75) is 19.4 Å². The van der Waals surface area contributed by atoms with Crippen LogP contribution in [-0.4, -0.2) is 23.8 Å². The number of anilines is 1. The van der Waals surface area contributed by atoms with Gasteiger partial charge in [-0.3, -0.25) is 0 Å². The van der Waals surface area contributed by atoms with E-state index in [1.165, 1.54) is 6.07 Å². The maximum atomic E-state index is 13.7. The van der Waals surface area contributed by atoms with Crippen LogP contribution in [0.5, 0.6) is 0 Å². The van der Waals surface area contributed by atoms with Crippen LogP contribution in [0.15, 0.2) is 18.2 Å². The van der Waals surface area contributed by atoms with Crippen molar-refractivity contribution in [2.75, 3.05) is 18.0 Å². The number of nitriles is 1. The lowest BCUT2D eigenvalue weighted by Gasteiger charge is -2.50. The molecule has 1 N–H and O–H groups in total. The van der Waals surface area contributed by atoms with Crippen molar-refractivity contribution in [3.05, 3.63) is 29.6 Å². The van der Waals surface area contributed by atoms with Gasteiger partial charge in [-0.15, -0.1) is 0 Å². The van der Waals surface area contributed by atoms with Crippen molar-refractivity contribution in [2.24, 2.45) is 5.92 Å². The Labute approximate surface area is 100 Å². The second-order valence-corrected chi connectivity index (χ2v) is 4.89. The van der Waals surface area contributed by atoms with Crippen molar-refractivity contribution in [3.63, 3.8) is 0 Å². The van der Waals surface area contributed by atoms with Crippen LogP contribution in [0.3, 0.4) is 0 Å². The Morgan fingerprint density at radius 2 is 2.12 bits per heavy atom. The molecule has 1 heterocycles. The molecule has 0 atom stereocenters. The summed E-state index contributed by atoms with van der Waals surface area (Å²) < 4.78 is 13.7. The number of hydrogen-bond acceptors (Lipinski definition) is 3. The Kier molecular flexibility index (Phi) is 2.80. The molecule has 1 aromatic rings. The summed E-state index contributed by atoms with van der Waals surface area (Å²) in [5, 5.41) is 18.7. The highest BCUT2D eigenvalue weighted by Crippen LogP contribution is 2.34. The van der Waals surface area contributed by atoms with Crippen molar-refractivity contribution >= 4 is 5.69 Å². The molecule has 1 aromatic carbocycles. The summed E-state index contributed by atoms with van der Waals surface area (Å²) in [4.78, 5) is 1.79. The van der Waals surface area contributed by atoms with E-state index in [4.69, 9.17) is 5.26 Å². The van der Waals surface area contributed by atoms with Crippen LogP contribution >= 0.6 is 0 Å². The van der Waals surface area contributed by atoms with Crippen LogP contribution in [0.1, 0.15) is 19.4 Å². The highest BCUT2D eigenvalue weighted by molar-refractivity contribution is 5.54. The van der Waals surface area contributed by atoms with Gasteiger partial charge in [-0.1, -0.05) is 13.8 Å². The molecule has 0 amide bonds. The average molecular weight is 234 g/mol. The summed E-state index contributed by atoms with van der Waals surface area (Å²) in [7, 11) is 0. The maximum Gasteiger partial charge on any atom is 0.147 e. The molecule has 1 saturated heterocycles. The predicted octanol–water partition coefficient (Wildman–Crippen LogP) is 1.90. The fourth-order valence-corrected chi connectivity index (χ4v) is 1.98. The van der Waals surface area contributed by atoms with Crippen molar-refractivity contribution in [3.8, 4) is 6.07 Å². The van der Waals surface area contributed by atoms with Gasteiger partial charge < -0.3 is 10.0 Å². The molecule has 0 radical (unpaired) electrons. The number of hydrogen-bond donors (Lipinski definition) is 1. The quantitative estimate of drug-likeness (QED) is 0.850. The Morgan fingerprint density at radius 3 is 2.59 bits per heavy atom. The molecule has 0 aliphatic carbocycles. The van der Waals surface area contributed by atoms with Gasteiger partial charge in [0, 0.05) is 13.1 Å². The molecule has 90 valence electrons. The molecule has 0 bridgehead atoms. The summed E-state index contributed by atoms with van der Waals surface area (Å²) in [6.07, 6.45) is 0. The molecule has 0 unspecified atom stereocenters. The van der Waals surface area contributed by atoms with Crippen LogP contribution in [0.25, 0.3) is 0 Å². The zero-order chi connectivity index (χ0) is 12.6. The van der Waals surface area contributed by atoms with Gasteiger partial charge in [-0.25, -0.2) is 4.39 Å². The summed E-state index contributed by atoms with van der Waals surface area (Å²) in [6.45, 7) is 4.78. The molecule has 2 rings (SSSR count). The molecular formula is C13H15FN2O. The van der Waals surface area contributed by atoms with Gasteiger partial charge >= 0.3 is 0 Å². The minimum atomic E-state index is -0.722. The first-order valence-corrected chi connectivity index (χ1v) is 5.63. The topological polar surface area (TPSA) is 47.3 Å². The van der Waals surface area contributed by atoms with Crippen LogP contribution < -0.4 is 4.90 Å². The van der Waals surface area contributed by atoms with Crippen LogP contribution in [0.2, 0.25) is 0 Å². The zero-order valence-electron chi connectivity index (χ0n) is 9.94. The van der Waals surface area contributed by atoms with Gasteiger partial charge in [0.05, 0.1) is 17.3 Å². The molecular weight excluding hydrogens is 219 g/mol. The number of nitrogens with zero attached hydrogens (tertiary/aromatic N) is 2. The van der Waals surface area contributed by atoms with Crippen molar-refractivity contribution < 1.29 is 9.50 Å². The van der Waals surface area contributed by atoms with Crippen LogP contribution in [0, 0.1) is 23.1 Å². The Hall–Kier alpha value is -1.60. The summed E-state index contributed by atoms with van der Waals surface area (Å²) >= 11 is 0. The molecule has 17 heavy (non-hydrogen) atoms. The van der Waals surface area contributed by atoms with Gasteiger partial charge in [-0.2, -0.15) is 5.26 Å². The molecule has 0 aromatic heterocycles. The van der Waals surface area contributed by atoms with Gasteiger partial charge in [0.1, 0.15) is 11.4 Å². The molecule has 1 aliphatic heterocycles. The molecule has 0 saturated carbocycles. The third-order valence-electron chi connectivity index (χ3n) is 3.42. The lowest BCUT2D eigenvalue weighted by Crippen LogP contribution is -2.65. The van der Waals surface area contributed by atoms with Gasteiger partial charge in [0.2, 0.25) is 0 Å². The van der Waals surface area contributed by atoms with Crippen LogP contribution in [0.4, 0.5) is 10.1 Å². The highest BCUT2D eigenvalue weighted by atomic mass is 19.1. The largest absolute Gasteiger partial charge is 0.386 e. The van der Waals surface area contributed by atoms with E-state index < -0.39 is 11.4 Å². The van der Waals surface area contributed by atoms with Gasteiger partial charge in [0.15, 0.2) is 0 Å². The van der Waals surface area contributed by atoms with E-state index >= 15 is 0 Å². The molecule has 0 spiro atoms. The maximum absolute atomic E-state index is 13.7. The SMILES string of the molecule is CC(C)C1(O)CN(c2ccc(C#N)cc2F)C1. The number of rotatable bonds is 2.